The fourth-order valence-corrected chi connectivity index (χ4v) is 5.39. The van der Waals surface area contributed by atoms with Crippen molar-refractivity contribution in [2.75, 3.05) is 18.6 Å². The summed E-state index contributed by atoms with van der Waals surface area (Å²) in [7, 11) is 1.26. The number of amides is 3. The number of fused-ring (bicyclic) bond motifs is 1. The van der Waals surface area contributed by atoms with Gasteiger partial charge in [0.1, 0.15) is 29.9 Å². The van der Waals surface area contributed by atoms with Crippen molar-refractivity contribution in [1.29, 1.82) is 0 Å². The Kier molecular flexibility index (Phi) is 7.07. The highest BCUT2D eigenvalue weighted by Gasteiger charge is 2.54. The molecule has 0 bridgehead atoms. The molecular weight excluding hydrogens is 514 g/mol. The van der Waals surface area contributed by atoms with Crippen LogP contribution in [0.4, 0.5) is 5.13 Å². The molecule has 0 aliphatic carbocycles. The van der Waals surface area contributed by atoms with E-state index < -0.39 is 35.1 Å². The summed E-state index contributed by atoms with van der Waals surface area (Å²) in [5, 5.41) is 20.9. The fraction of sp³-hybridized carbons (Fsp3) is 0.250. The topological polar surface area (TPSA) is 216 Å². The normalized spacial score (nSPS) is 19.8. The van der Waals surface area contributed by atoms with Gasteiger partial charge in [0.05, 0.1) is 12.1 Å². The van der Waals surface area contributed by atoms with Crippen LogP contribution < -0.4 is 16.8 Å². The van der Waals surface area contributed by atoms with Gasteiger partial charge in [-0.3, -0.25) is 19.3 Å². The van der Waals surface area contributed by atoms with E-state index in [1.807, 2.05) is 0 Å². The van der Waals surface area contributed by atoms with Gasteiger partial charge in [0.25, 0.3) is 11.8 Å². The van der Waals surface area contributed by atoms with Crippen LogP contribution in [-0.4, -0.2) is 73.8 Å². The maximum atomic E-state index is 12.9. The highest BCUT2D eigenvalue weighted by Crippen LogP contribution is 2.40. The second-order valence-corrected chi connectivity index (χ2v) is 9.43. The number of oxime groups is 1. The maximum absolute atomic E-state index is 12.9. The van der Waals surface area contributed by atoms with Gasteiger partial charge in [-0.15, -0.1) is 23.1 Å². The molecule has 188 valence electrons. The fourth-order valence-electron chi connectivity index (χ4n) is 3.52. The minimum atomic E-state index is -1.30. The number of nitrogens with zero attached hydrogens (tertiary/aromatic N) is 4. The van der Waals surface area contributed by atoms with Crippen molar-refractivity contribution in [3.05, 3.63) is 45.9 Å². The molecule has 2 atom stereocenters. The van der Waals surface area contributed by atoms with E-state index in [0.29, 0.717) is 11.3 Å². The molecule has 2 aliphatic rings. The van der Waals surface area contributed by atoms with Crippen molar-refractivity contribution in [2.24, 2.45) is 10.9 Å². The minimum Gasteiger partial charge on any atom is -0.477 e. The first-order valence-electron chi connectivity index (χ1n) is 10.2. The van der Waals surface area contributed by atoms with E-state index in [0.717, 1.165) is 16.2 Å². The molecule has 2 aromatic rings. The number of rotatable bonds is 9. The van der Waals surface area contributed by atoms with Gasteiger partial charge >= 0.3 is 5.97 Å². The summed E-state index contributed by atoms with van der Waals surface area (Å²) in [4.78, 5) is 58.6. The third-order valence-electron chi connectivity index (χ3n) is 5.03. The highest BCUT2D eigenvalue weighted by atomic mass is 32.2. The van der Waals surface area contributed by atoms with Crippen molar-refractivity contribution in [2.45, 2.75) is 17.8 Å². The predicted molar refractivity (Wildman–Crippen MR) is 128 cm³/mol. The Hall–Kier alpha value is -4.18. The first-order valence-corrected chi connectivity index (χ1v) is 12.1. The van der Waals surface area contributed by atoms with E-state index in [4.69, 9.17) is 20.8 Å². The number of carboxylic acid groups (broad SMARTS) is 1. The van der Waals surface area contributed by atoms with Crippen LogP contribution in [0, 0.1) is 0 Å². The lowest BCUT2D eigenvalue weighted by Gasteiger charge is -2.49. The number of carbonyl (C=O) groups excluding carboxylic acids is 3. The molecule has 0 spiro atoms. The third kappa shape index (κ3) is 4.94. The molecule has 4 heterocycles. The Bertz CT molecular complexity index is 1330. The first kappa shape index (κ1) is 24.9. The quantitative estimate of drug-likeness (QED) is 0.184. The van der Waals surface area contributed by atoms with Crippen LogP contribution in [0.25, 0.3) is 6.08 Å². The molecule has 4 rings (SSSR count). The number of hydrogen-bond acceptors (Lipinski definition) is 12. The lowest BCUT2D eigenvalue weighted by Crippen LogP contribution is -2.71. The molecule has 1 fully saturated rings. The summed E-state index contributed by atoms with van der Waals surface area (Å²) >= 11 is 2.38. The van der Waals surface area contributed by atoms with Crippen molar-refractivity contribution in [3.63, 3.8) is 0 Å². The molecule has 36 heavy (non-hydrogen) atoms. The van der Waals surface area contributed by atoms with Crippen LogP contribution >= 0.6 is 23.1 Å². The monoisotopic (exact) mass is 533 g/mol. The molecular formula is C20H19N7O7S2. The summed E-state index contributed by atoms with van der Waals surface area (Å²) in [5.41, 5.74) is 11.2. The highest BCUT2D eigenvalue weighted by molar-refractivity contribution is 8.00. The zero-order chi connectivity index (χ0) is 26.0. The molecule has 16 heteroatoms. The number of nitrogen functional groups attached to an aromatic ring is 1. The largest absolute Gasteiger partial charge is 0.477 e. The van der Waals surface area contributed by atoms with E-state index >= 15 is 0 Å². The number of aliphatic carboxylic acids is 1. The van der Waals surface area contributed by atoms with E-state index in [1.54, 1.807) is 0 Å². The molecule has 14 nitrogen and oxygen atoms in total. The maximum Gasteiger partial charge on any atom is 0.352 e. The molecule has 0 saturated carbocycles. The Morgan fingerprint density at radius 3 is 2.83 bits per heavy atom. The predicted octanol–water partition coefficient (Wildman–Crippen LogP) is -0.456. The Morgan fingerprint density at radius 2 is 2.19 bits per heavy atom. The minimum absolute atomic E-state index is 0.0972. The number of carbonyl (C=O) groups is 4. The average Bonchev–Trinajstić information content (AvgIpc) is 3.46. The summed E-state index contributed by atoms with van der Waals surface area (Å²) < 4.78 is 5.09. The van der Waals surface area contributed by atoms with Gasteiger partial charge in [-0.25, -0.2) is 9.78 Å². The van der Waals surface area contributed by atoms with Gasteiger partial charge in [-0.1, -0.05) is 16.4 Å². The number of β-lactam (4-membered cyclic amide) rings is 1. The molecule has 1 saturated heterocycles. The summed E-state index contributed by atoms with van der Waals surface area (Å²) in [5.74, 6) is -2.67. The van der Waals surface area contributed by atoms with Gasteiger partial charge in [-0.05, 0) is 11.6 Å². The Balaban J connectivity index is 1.51. The van der Waals surface area contributed by atoms with Crippen molar-refractivity contribution in [3.8, 4) is 0 Å². The van der Waals surface area contributed by atoms with Crippen molar-refractivity contribution in [1.82, 2.24) is 20.4 Å². The zero-order valence-electron chi connectivity index (χ0n) is 18.5. The number of primary amides is 1. The molecule has 3 amide bonds. The summed E-state index contributed by atoms with van der Waals surface area (Å²) in [6, 6.07) is 0.516. The number of allylic oxidation sites excluding steroid dienone is 1. The van der Waals surface area contributed by atoms with E-state index in [2.05, 4.69) is 20.6 Å². The first-order chi connectivity index (χ1) is 17.2. The molecule has 2 aliphatic heterocycles. The van der Waals surface area contributed by atoms with Crippen LogP contribution in [0.3, 0.4) is 0 Å². The Morgan fingerprint density at radius 1 is 1.42 bits per heavy atom. The van der Waals surface area contributed by atoms with Crippen molar-refractivity contribution >= 4 is 63.7 Å². The molecule has 2 aromatic heterocycles. The SMILES string of the molecule is CO/N=C(\C(=O)N[C@@H]1C(=O)N2C(C(=O)O)=C(/C=C\c3cc(CC(N)=O)no3)CS[C@H]12)c1csc(N)n1. The van der Waals surface area contributed by atoms with E-state index in [1.165, 1.54) is 42.5 Å². The van der Waals surface area contributed by atoms with Crippen LogP contribution in [-0.2, 0) is 30.4 Å². The molecule has 0 radical (unpaired) electrons. The summed E-state index contributed by atoms with van der Waals surface area (Å²) in [6.07, 6.45) is 2.88. The second-order valence-electron chi connectivity index (χ2n) is 7.43. The number of nitrogens with two attached hydrogens (primary N) is 2. The number of thiazole rings is 1. The standard InChI is InChI=1S/C20H19N7O7S2/c1-33-26-13(11-7-36-20(22)23-11)16(29)24-14-17(30)27-15(19(31)32)8(6-35-18(14)27)2-3-10-4-9(25-34-10)5-12(21)28/h2-4,7,14,18H,5-6H2,1H3,(H2,21,28)(H2,22,23)(H,24,29)(H,31,32)/b3-2-,26-13-/t14-,18-/m1/s1. The average molecular weight is 534 g/mol. The van der Waals surface area contributed by atoms with Gasteiger partial charge < -0.3 is 31.3 Å². The smallest absolute Gasteiger partial charge is 0.352 e. The van der Waals surface area contributed by atoms with E-state index in [-0.39, 0.29) is 40.2 Å². The van der Waals surface area contributed by atoms with Gasteiger partial charge in [0.2, 0.25) is 5.91 Å². The van der Waals surface area contributed by atoms with Gasteiger partial charge in [-0.2, -0.15) is 0 Å². The van der Waals surface area contributed by atoms with Gasteiger partial charge in [0, 0.05) is 17.2 Å². The van der Waals surface area contributed by atoms with Gasteiger partial charge in [0.15, 0.2) is 16.6 Å². The third-order valence-corrected chi connectivity index (χ3v) is 7.01. The zero-order valence-corrected chi connectivity index (χ0v) is 20.2. The number of hydrogen-bond donors (Lipinski definition) is 4. The van der Waals surface area contributed by atoms with Crippen LogP contribution in [0.15, 0.2) is 38.5 Å². The number of carboxylic acids is 1. The summed E-state index contributed by atoms with van der Waals surface area (Å²) in [6.45, 7) is 0. The Labute approximate surface area is 211 Å². The second kappa shape index (κ2) is 10.2. The lowest BCUT2D eigenvalue weighted by molar-refractivity contribution is -0.150. The number of nitrogens with one attached hydrogen (secondary N) is 1. The molecule has 6 N–H and O–H groups in total. The molecule has 0 unspecified atom stereocenters. The number of aromatic nitrogens is 2. The van der Waals surface area contributed by atoms with Crippen LogP contribution in [0.5, 0.6) is 0 Å². The lowest BCUT2D eigenvalue weighted by atomic mass is 10.0. The van der Waals surface area contributed by atoms with Crippen molar-refractivity contribution < 1.29 is 33.6 Å². The van der Waals surface area contributed by atoms with Crippen LogP contribution in [0.1, 0.15) is 17.1 Å². The van der Waals surface area contributed by atoms with E-state index in [9.17, 15) is 24.3 Å². The van der Waals surface area contributed by atoms with Crippen LogP contribution in [0.2, 0.25) is 0 Å². The molecule has 0 aromatic carbocycles. The number of thioether (sulfide) groups is 1. The number of anilines is 1.